The van der Waals surface area contributed by atoms with Crippen molar-refractivity contribution in [1.82, 2.24) is 10.6 Å². The highest BCUT2D eigenvalue weighted by Gasteiger charge is 2.24. The molecule has 0 saturated carbocycles. The Kier molecular flexibility index (Phi) is 5.28. The number of carbonyl (C=O) groups excluding carboxylic acids is 1. The number of carbonyl (C=O) groups is 1. The molecule has 100 valence electrons. The van der Waals surface area contributed by atoms with Gasteiger partial charge in [-0.2, -0.15) is 0 Å². The number of nitrogens with one attached hydrogen (secondary N) is 2. The van der Waals surface area contributed by atoms with Crippen molar-refractivity contribution in [3.63, 3.8) is 0 Å². The Morgan fingerprint density at radius 1 is 1.44 bits per heavy atom. The first kappa shape index (κ1) is 15.1. The van der Waals surface area contributed by atoms with Gasteiger partial charge in [0.05, 0.1) is 5.54 Å². The second kappa shape index (κ2) is 6.29. The molecule has 2 N–H and O–H groups in total. The molecule has 0 heterocycles. The lowest BCUT2D eigenvalue weighted by Crippen LogP contribution is -2.51. The third-order valence-corrected chi connectivity index (χ3v) is 3.37. The number of benzene rings is 1. The molecule has 1 aromatic carbocycles. The molecule has 3 nitrogen and oxygen atoms in total. The molecule has 0 bridgehead atoms. The lowest BCUT2D eigenvalue weighted by atomic mass is 10.0. The molecule has 0 saturated heterocycles. The van der Waals surface area contributed by atoms with E-state index in [1.54, 1.807) is 33.0 Å². The highest BCUT2D eigenvalue weighted by molar-refractivity contribution is 9.10. The lowest BCUT2D eigenvalue weighted by Gasteiger charge is -2.22. The number of likely N-dealkylation sites (N-methyl/N-ethyl adjacent to an activating group) is 1. The van der Waals surface area contributed by atoms with Crippen molar-refractivity contribution >= 4 is 21.8 Å². The third kappa shape index (κ3) is 4.07. The van der Waals surface area contributed by atoms with Crippen molar-refractivity contribution in [3.05, 3.63) is 34.1 Å². The fourth-order valence-electron chi connectivity index (χ4n) is 1.38. The first-order valence-corrected chi connectivity index (χ1v) is 6.57. The van der Waals surface area contributed by atoms with E-state index in [2.05, 4.69) is 26.6 Å². The molecule has 0 unspecified atom stereocenters. The summed E-state index contributed by atoms with van der Waals surface area (Å²) in [4.78, 5) is 11.8. The van der Waals surface area contributed by atoms with E-state index in [1.165, 1.54) is 6.07 Å². The van der Waals surface area contributed by atoms with Crippen molar-refractivity contribution in [2.24, 2.45) is 0 Å². The summed E-state index contributed by atoms with van der Waals surface area (Å²) in [6.07, 6.45) is 0.469. The first-order chi connectivity index (χ1) is 8.36. The molecule has 0 aliphatic rings. The second-order valence-corrected chi connectivity index (χ2v) is 5.53. The van der Waals surface area contributed by atoms with E-state index in [0.29, 0.717) is 18.5 Å². The van der Waals surface area contributed by atoms with Crippen LogP contribution in [0.2, 0.25) is 0 Å². The Labute approximate surface area is 115 Å². The minimum Gasteiger partial charge on any atom is -0.354 e. The number of hydrogen-bond acceptors (Lipinski definition) is 2. The summed E-state index contributed by atoms with van der Waals surface area (Å²) in [5.74, 6) is -0.347. The van der Waals surface area contributed by atoms with E-state index >= 15 is 0 Å². The number of hydrogen-bond donors (Lipinski definition) is 2. The molecule has 0 spiro atoms. The van der Waals surface area contributed by atoms with Crippen LogP contribution in [0.15, 0.2) is 22.7 Å². The van der Waals surface area contributed by atoms with Gasteiger partial charge in [-0.15, -0.1) is 0 Å². The van der Waals surface area contributed by atoms with E-state index in [0.717, 1.165) is 4.47 Å². The van der Waals surface area contributed by atoms with E-state index in [9.17, 15) is 9.18 Å². The van der Waals surface area contributed by atoms with Crippen LogP contribution in [0.1, 0.15) is 19.4 Å². The Balaban J connectivity index is 2.52. The second-order valence-electron chi connectivity index (χ2n) is 4.62. The average molecular weight is 317 g/mol. The Bertz CT molecular complexity index is 435. The summed E-state index contributed by atoms with van der Waals surface area (Å²) in [6, 6.07) is 4.80. The molecular formula is C13H18BrFN2O. The van der Waals surface area contributed by atoms with Crippen LogP contribution in [0.25, 0.3) is 0 Å². The van der Waals surface area contributed by atoms with Gasteiger partial charge < -0.3 is 10.6 Å². The van der Waals surface area contributed by atoms with Gasteiger partial charge in [0.2, 0.25) is 5.91 Å². The fourth-order valence-corrected chi connectivity index (χ4v) is 1.79. The van der Waals surface area contributed by atoms with Crippen molar-refractivity contribution in [3.8, 4) is 0 Å². The molecule has 18 heavy (non-hydrogen) atoms. The summed E-state index contributed by atoms with van der Waals surface area (Å²) in [5.41, 5.74) is -0.0255. The van der Waals surface area contributed by atoms with Crippen molar-refractivity contribution in [1.29, 1.82) is 0 Å². The molecular weight excluding hydrogens is 299 g/mol. The van der Waals surface area contributed by atoms with E-state index in [1.807, 2.05) is 0 Å². The Hall–Kier alpha value is -0.940. The smallest absolute Gasteiger partial charge is 0.239 e. The summed E-state index contributed by atoms with van der Waals surface area (Å²) in [7, 11) is 1.73. The largest absolute Gasteiger partial charge is 0.354 e. The van der Waals surface area contributed by atoms with Gasteiger partial charge >= 0.3 is 0 Å². The van der Waals surface area contributed by atoms with Gasteiger partial charge in [0.1, 0.15) is 5.82 Å². The summed E-state index contributed by atoms with van der Waals surface area (Å²) in [6.45, 7) is 4.00. The molecule has 5 heteroatoms. The van der Waals surface area contributed by atoms with Gasteiger partial charge in [0.15, 0.2) is 0 Å². The molecule has 0 aliphatic heterocycles. The topological polar surface area (TPSA) is 41.1 Å². The van der Waals surface area contributed by atoms with Gasteiger partial charge in [-0.25, -0.2) is 4.39 Å². The van der Waals surface area contributed by atoms with Gasteiger partial charge in [-0.05, 0) is 51.1 Å². The van der Waals surface area contributed by atoms with Gasteiger partial charge in [-0.3, -0.25) is 4.79 Å². The molecule has 0 fully saturated rings. The van der Waals surface area contributed by atoms with E-state index < -0.39 is 5.54 Å². The molecule has 0 atom stereocenters. The third-order valence-electron chi connectivity index (χ3n) is 2.88. The van der Waals surface area contributed by atoms with Crippen molar-refractivity contribution in [2.75, 3.05) is 13.6 Å². The van der Waals surface area contributed by atoms with Crippen LogP contribution in [0, 0.1) is 5.82 Å². The van der Waals surface area contributed by atoms with Crippen LogP contribution in [-0.2, 0) is 11.2 Å². The van der Waals surface area contributed by atoms with Crippen LogP contribution in [0.5, 0.6) is 0 Å². The van der Waals surface area contributed by atoms with Crippen LogP contribution < -0.4 is 10.6 Å². The zero-order valence-electron chi connectivity index (χ0n) is 10.8. The Morgan fingerprint density at radius 3 is 2.72 bits per heavy atom. The lowest BCUT2D eigenvalue weighted by molar-refractivity contribution is -0.126. The van der Waals surface area contributed by atoms with Crippen LogP contribution in [-0.4, -0.2) is 25.0 Å². The minimum absolute atomic E-state index is 0.0968. The highest BCUT2D eigenvalue weighted by Crippen LogP contribution is 2.15. The molecule has 1 amide bonds. The number of amides is 1. The highest BCUT2D eigenvalue weighted by atomic mass is 79.9. The normalized spacial score (nSPS) is 11.4. The maximum atomic E-state index is 13.4. The SMILES string of the molecule is CNC(C)(C)C(=O)NCCc1cc(Br)ccc1F. The maximum Gasteiger partial charge on any atom is 0.239 e. The molecule has 0 aromatic heterocycles. The molecule has 1 aromatic rings. The van der Waals surface area contributed by atoms with Crippen molar-refractivity contribution in [2.45, 2.75) is 25.8 Å². The minimum atomic E-state index is -0.615. The predicted molar refractivity (Wildman–Crippen MR) is 74.0 cm³/mol. The van der Waals surface area contributed by atoms with E-state index in [-0.39, 0.29) is 11.7 Å². The quantitative estimate of drug-likeness (QED) is 0.874. The summed E-state index contributed by atoms with van der Waals surface area (Å²) < 4.78 is 14.3. The van der Waals surface area contributed by atoms with Gasteiger partial charge in [0, 0.05) is 11.0 Å². The van der Waals surface area contributed by atoms with Gasteiger partial charge in [0.25, 0.3) is 0 Å². The maximum absolute atomic E-state index is 13.4. The molecule has 0 radical (unpaired) electrons. The fraction of sp³-hybridized carbons (Fsp3) is 0.462. The van der Waals surface area contributed by atoms with Crippen LogP contribution in [0.3, 0.4) is 0 Å². The zero-order valence-corrected chi connectivity index (χ0v) is 12.4. The van der Waals surface area contributed by atoms with Gasteiger partial charge in [-0.1, -0.05) is 15.9 Å². The van der Waals surface area contributed by atoms with Crippen molar-refractivity contribution < 1.29 is 9.18 Å². The summed E-state index contributed by atoms with van der Waals surface area (Å²) >= 11 is 3.30. The first-order valence-electron chi connectivity index (χ1n) is 5.78. The molecule has 1 rings (SSSR count). The zero-order chi connectivity index (χ0) is 13.8. The number of halogens is 2. The Morgan fingerprint density at radius 2 is 2.11 bits per heavy atom. The molecule has 0 aliphatic carbocycles. The standard InChI is InChI=1S/C13H18BrFN2O/c1-13(2,16-3)12(18)17-7-6-9-8-10(14)4-5-11(9)15/h4-5,8,16H,6-7H2,1-3H3,(H,17,18). The predicted octanol–water partition coefficient (Wildman–Crippen LogP) is 2.24. The monoisotopic (exact) mass is 316 g/mol. The average Bonchev–Trinajstić information content (AvgIpc) is 2.33. The van der Waals surface area contributed by atoms with E-state index in [4.69, 9.17) is 0 Å². The van der Waals surface area contributed by atoms with Crippen LogP contribution in [0.4, 0.5) is 4.39 Å². The summed E-state index contributed by atoms with van der Waals surface area (Å²) in [5, 5.41) is 5.70. The van der Waals surface area contributed by atoms with Crippen LogP contribution >= 0.6 is 15.9 Å². The number of rotatable bonds is 5.